The van der Waals surface area contributed by atoms with Crippen LogP contribution in [0.25, 0.3) is 0 Å². The summed E-state index contributed by atoms with van der Waals surface area (Å²) in [5.41, 5.74) is 3.28. The van der Waals surface area contributed by atoms with Crippen LogP contribution < -0.4 is 0 Å². The van der Waals surface area contributed by atoms with Crippen molar-refractivity contribution in [1.82, 2.24) is 0 Å². The minimum Gasteiger partial charge on any atom is -0.299 e. The Labute approximate surface area is 134 Å². The van der Waals surface area contributed by atoms with E-state index in [4.69, 9.17) is 0 Å². The SMILES string of the molecule is C=CC1=CCC2C3CC=C4CC(=O)CC[C@]4(C)C3C[C@@H](C)C12. The summed E-state index contributed by atoms with van der Waals surface area (Å²) in [6.45, 7) is 8.96. The molecule has 0 radical (unpaired) electrons. The van der Waals surface area contributed by atoms with Crippen molar-refractivity contribution in [3.63, 3.8) is 0 Å². The van der Waals surface area contributed by atoms with E-state index in [0.717, 1.165) is 48.9 Å². The molecule has 0 N–H and O–H groups in total. The van der Waals surface area contributed by atoms with Gasteiger partial charge in [0, 0.05) is 12.8 Å². The molecule has 0 aliphatic heterocycles. The van der Waals surface area contributed by atoms with Gasteiger partial charge in [-0.3, -0.25) is 4.79 Å². The van der Waals surface area contributed by atoms with Gasteiger partial charge in [0.25, 0.3) is 0 Å². The predicted molar refractivity (Wildman–Crippen MR) is 90.3 cm³/mol. The molecule has 0 aromatic rings. The number of Topliss-reactive ketones (excluding diaryl/α,β-unsaturated/α-hetero) is 1. The maximum absolute atomic E-state index is 11.9. The van der Waals surface area contributed by atoms with Crippen LogP contribution in [0.15, 0.2) is 36.0 Å². The number of fused-ring (bicyclic) bond motifs is 5. The summed E-state index contributed by atoms with van der Waals surface area (Å²) in [4.78, 5) is 11.9. The second kappa shape index (κ2) is 4.94. The Balaban J connectivity index is 1.69. The molecule has 1 heteroatoms. The van der Waals surface area contributed by atoms with Gasteiger partial charge in [0.2, 0.25) is 0 Å². The highest BCUT2D eigenvalue weighted by Gasteiger charge is 2.54. The average molecular weight is 296 g/mol. The molecule has 1 nitrogen and oxygen atoms in total. The highest BCUT2D eigenvalue weighted by molar-refractivity contribution is 5.82. The number of hydrogen-bond acceptors (Lipinski definition) is 1. The second-order valence-corrected chi connectivity index (χ2v) is 8.41. The van der Waals surface area contributed by atoms with Gasteiger partial charge in [-0.25, -0.2) is 0 Å². The minimum absolute atomic E-state index is 0.299. The summed E-state index contributed by atoms with van der Waals surface area (Å²) >= 11 is 0. The van der Waals surface area contributed by atoms with Crippen molar-refractivity contribution in [1.29, 1.82) is 0 Å². The van der Waals surface area contributed by atoms with Crippen molar-refractivity contribution < 1.29 is 4.79 Å². The first-order chi connectivity index (χ1) is 10.5. The van der Waals surface area contributed by atoms with Gasteiger partial charge >= 0.3 is 0 Å². The standard InChI is InChI=1S/C21H28O/c1-4-14-5-7-18-17-8-6-15-12-16(22)9-10-21(15,3)19(17)11-13(2)20(14)18/h4-6,13,17-20H,1,7-12H2,2-3H3/t13-,17?,18?,19?,20?,21+/m1/s1. The lowest BCUT2D eigenvalue weighted by Crippen LogP contribution is -2.49. The van der Waals surface area contributed by atoms with Gasteiger partial charge in [0.05, 0.1) is 0 Å². The molecule has 2 fully saturated rings. The normalized spacial score (nSPS) is 47.0. The second-order valence-electron chi connectivity index (χ2n) is 8.41. The van der Waals surface area contributed by atoms with Gasteiger partial charge in [-0.05, 0) is 66.3 Å². The molecule has 0 amide bonds. The van der Waals surface area contributed by atoms with Crippen molar-refractivity contribution in [3.05, 3.63) is 36.0 Å². The van der Waals surface area contributed by atoms with E-state index in [9.17, 15) is 4.79 Å². The van der Waals surface area contributed by atoms with Crippen LogP contribution in [-0.4, -0.2) is 5.78 Å². The zero-order chi connectivity index (χ0) is 15.5. The van der Waals surface area contributed by atoms with Gasteiger partial charge in [-0.15, -0.1) is 0 Å². The lowest BCUT2D eigenvalue weighted by Gasteiger charge is -2.56. The lowest BCUT2D eigenvalue weighted by molar-refractivity contribution is -0.122. The molecule has 0 bridgehead atoms. The van der Waals surface area contributed by atoms with Crippen LogP contribution in [0, 0.1) is 35.0 Å². The predicted octanol–water partition coefficient (Wildman–Crippen LogP) is 5.10. The first-order valence-corrected chi connectivity index (χ1v) is 9.08. The Morgan fingerprint density at radius 3 is 2.82 bits per heavy atom. The van der Waals surface area contributed by atoms with Crippen LogP contribution >= 0.6 is 0 Å². The van der Waals surface area contributed by atoms with E-state index in [1.165, 1.54) is 30.4 Å². The van der Waals surface area contributed by atoms with E-state index in [0.29, 0.717) is 11.2 Å². The van der Waals surface area contributed by atoms with Crippen molar-refractivity contribution in [2.45, 2.75) is 52.4 Å². The fraction of sp³-hybridized carbons (Fsp3) is 0.667. The number of rotatable bonds is 1. The van der Waals surface area contributed by atoms with E-state index in [-0.39, 0.29) is 0 Å². The summed E-state index contributed by atoms with van der Waals surface area (Å²) in [5, 5.41) is 0. The quantitative estimate of drug-likeness (QED) is 0.615. The van der Waals surface area contributed by atoms with Crippen LogP contribution in [-0.2, 0) is 4.79 Å². The molecule has 0 saturated heterocycles. The van der Waals surface area contributed by atoms with E-state index in [1.807, 2.05) is 0 Å². The summed E-state index contributed by atoms with van der Waals surface area (Å²) in [6.07, 6.45) is 13.4. The molecule has 4 unspecified atom stereocenters. The third-order valence-electron chi connectivity index (χ3n) is 7.51. The fourth-order valence-corrected chi connectivity index (χ4v) is 6.37. The monoisotopic (exact) mass is 296 g/mol. The number of carbonyl (C=O) groups excluding carboxylic acids is 1. The van der Waals surface area contributed by atoms with Gasteiger partial charge in [-0.2, -0.15) is 0 Å². The van der Waals surface area contributed by atoms with Gasteiger partial charge < -0.3 is 0 Å². The van der Waals surface area contributed by atoms with E-state index in [2.05, 4.69) is 38.7 Å². The first kappa shape index (κ1) is 14.5. The van der Waals surface area contributed by atoms with E-state index < -0.39 is 0 Å². The van der Waals surface area contributed by atoms with Gasteiger partial charge in [0.15, 0.2) is 0 Å². The zero-order valence-electron chi connectivity index (χ0n) is 14.0. The maximum Gasteiger partial charge on any atom is 0.136 e. The van der Waals surface area contributed by atoms with Crippen LogP contribution in [0.5, 0.6) is 0 Å². The van der Waals surface area contributed by atoms with Gasteiger partial charge in [0.1, 0.15) is 5.78 Å². The summed E-state index contributed by atoms with van der Waals surface area (Å²) < 4.78 is 0. The van der Waals surface area contributed by atoms with Crippen molar-refractivity contribution in [3.8, 4) is 0 Å². The Hall–Kier alpha value is -1.11. The molecule has 118 valence electrons. The third kappa shape index (κ3) is 1.87. The van der Waals surface area contributed by atoms with Crippen molar-refractivity contribution in [2.24, 2.45) is 35.0 Å². The van der Waals surface area contributed by atoms with E-state index in [1.54, 1.807) is 0 Å². The molecular formula is C21H28O. The molecule has 0 heterocycles. The zero-order valence-corrected chi connectivity index (χ0v) is 14.0. The number of ketones is 1. The fourth-order valence-electron chi connectivity index (χ4n) is 6.37. The maximum atomic E-state index is 11.9. The highest BCUT2D eigenvalue weighted by atomic mass is 16.1. The summed E-state index contributed by atoms with van der Waals surface area (Å²) in [5.74, 6) is 4.37. The molecule has 0 aromatic carbocycles. The number of hydrogen-bond donors (Lipinski definition) is 0. The topological polar surface area (TPSA) is 17.1 Å². The highest BCUT2D eigenvalue weighted by Crippen LogP contribution is 2.62. The van der Waals surface area contributed by atoms with Crippen LogP contribution in [0.2, 0.25) is 0 Å². The Bertz CT molecular complexity index is 581. The molecule has 6 atom stereocenters. The molecule has 22 heavy (non-hydrogen) atoms. The van der Waals surface area contributed by atoms with Crippen molar-refractivity contribution in [2.75, 3.05) is 0 Å². The molecule has 0 aromatic heterocycles. The largest absolute Gasteiger partial charge is 0.299 e. The van der Waals surface area contributed by atoms with Crippen molar-refractivity contribution >= 4 is 5.78 Å². The molecule has 0 spiro atoms. The minimum atomic E-state index is 0.299. The Morgan fingerprint density at radius 2 is 2.05 bits per heavy atom. The Morgan fingerprint density at radius 1 is 1.27 bits per heavy atom. The molecule has 4 aliphatic carbocycles. The van der Waals surface area contributed by atoms with Crippen LogP contribution in [0.4, 0.5) is 0 Å². The molecule has 2 saturated carbocycles. The van der Waals surface area contributed by atoms with Gasteiger partial charge in [-0.1, -0.05) is 44.2 Å². The summed E-state index contributed by atoms with van der Waals surface area (Å²) in [6, 6.07) is 0. The Kier molecular flexibility index (Phi) is 3.25. The first-order valence-electron chi connectivity index (χ1n) is 9.08. The van der Waals surface area contributed by atoms with Crippen LogP contribution in [0.1, 0.15) is 52.4 Å². The molecular weight excluding hydrogens is 268 g/mol. The molecule has 4 aliphatic rings. The van der Waals surface area contributed by atoms with Crippen LogP contribution in [0.3, 0.4) is 0 Å². The average Bonchev–Trinajstić information content (AvgIpc) is 2.94. The summed E-state index contributed by atoms with van der Waals surface area (Å²) in [7, 11) is 0. The van der Waals surface area contributed by atoms with E-state index >= 15 is 0 Å². The smallest absolute Gasteiger partial charge is 0.136 e. The number of carbonyl (C=O) groups is 1. The third-order valence-corrected chi connectivity index (χ3v) is 7.51. The molecule has 4 rings (SSSR count). The number of allylic oxidation sites excluding steroid dienone is 5. The lowest BCUT2D eigenvalue weighted by atomic mass is 9.48.